The first-order valence-corrected chi connectivity index (χ1v) is 6.72. The molecule has 0 saturated carbocycles. The molecule has 7 heteroatoms. The van der Waals surface area contributed by atoms with Gasteiger partial charge in [-0.25, -0.2) is 9.97 Å². The second-order valence-corrected chi connectivity index (χ2v) is 5.51. The van der Waals surface area contributed by atoms with Gasteiger partial charge in [0, 0.05) is 13.6 Å². The van der Waals surface area contributed by atoms with Gasteiger partial charge >= 0.3 is 0 Å². The minimum Gasteiger partial charge on any atom is -0.354 e. The Hall–Kier alpha value is -0.880. The van der Waals surface area contributed by atoms with Crippen molar-refractivity contribution in [2.75, 3.05) is 25.0 Å². The molecule has 1 amide bonds. The summed E-state index contributed by atoms with van der Waals surface area (Å²) in [4.78, 5) is 21.3. The SMILES string of the molecule is CC(C)CNC(=O)CN(C)c1ncnc(Cl)c1Br. The largest absolute Gasteiger partial charge is 0.354 e. The van der Waals surface area contributed by atoms with Gasteiger partial charge in [-0.3, -0.25) is 4.79 Å². The first kappa shape index (κ1) is 15.2. The Morgan fingerprint density at radius 3 is 2.83 bits per heavy atom. The van der Waals surface area contributed by atoms with Crippen LogP contribution in [0.15, 0.2) is 10.8 Å². The van der Waals surface area contributed by atoms with E-state index in [0.29, 0.717) is 27.9 Å². The molecule has 0 radical (unpaired) electrons. The lowest BCUT2D eigenvalue weighted by Crippen LogP contribution is -2.37. The molecule has 1 N–H and O–H groups in total. The molecule has 0 saturated heterocycles. The summed E-state index contributed by atoms with van der Waals surface area (Å²) in [5.41, 5.74) is 0. The number of halogens is 2. The zero-order valence-corrected chi connectivity index (χ0v) is 12.9. The van der Waals surface area contributed by atoms with Gasteiger partial charge in [0.25, 0.3) is 0 Å². The van der Waals surface area contributed by atoms with E-state index < -0.39 is 0 Å². The first-order chi connectivity index (χ1) is 8.41. The van der Waals surface area contributed by atoms with E-state index in [2.05, 4.69) is 31.2 Å². The third kappa shape index (κ3) is 4.42. The molecule has 0 unspecified atom stereocenters. The van der Waals surface area contributed by atoms with Gasteiger partial charge < -0.3 is 10.2 Å². The van der Waals surface area contributed by atoms with E-state index in [1.165, 1.54) is 6.33 Å². The fraction of sp³-hybridized carbons (Fsp3) is 0.545. The number of nitrogens with one attached hydrogen (secondary N) is 1. The number of nitrogens with zero attached hydrogens (tertiary/aromatic N) is 3. The molecule has 0 bridgehead atoms. The summed E-state index contributed by atoms with van der Waals surface area (Å²) >= 11 is 9.17. The van der Waals surface area contributed by atoms with Crippen molar-refractivity contribution in [3.8, 4) is 0 Å². The highest BCUT2D eigenvalue weighted by Gasteiger charge is 2.14. The lowest BCUT2D eigenvalue weighted by molar-refractivity contribution is -0.119. The number of aromatic nitrogens is 2. The van der Waals surface area contributed by atoms with Gasteiger partial charge in [0.15, 0.2) is 0 Å². The van der Waals surface area contributed by atoms with Crippen molar-refractivity contribution in [3.05, 3.63) is 16.0 Å². The van der Waals surface area contributed by atoms with Crippen molar-refractivity contribution in [1.29, 1.82) is 0 Å². The molecule has 1 heterocycles. The highest BCUT2D eigenvalue weighted by Crippen LogP contribution is 2.27. The maximum atomic E-state index is 11.7. The average Bonchev–Trinajstić information content (AvgIpc) is 2.30. The van der Waals surface area contributed by atoms with Crippen molar-refractivity contribution in [1.82, 2.24) is 15.3 Å². The topological polar surface area (TPSA) is 58.1 Å². The molecular formula is C11H16BrClN4O. The summed E-state index contributed by atoms with van der Waals surface area (Å²) in [6, 6.07) is 0. The molecule has 18 heavy (non-hydrogen) atoms. The molecular weight excluding hydrogens is 320 g/mol. The summed E-state index contributed by atoms with van der Waals surface area (Å²) in [7, 11) is 1.78. The predicted octanol–water partition coefficient (Wildman–Crippen LogP) is 2.10. The van der Waals surface area contributed by atoms with Crippen LogP contribution in [0.3, 0.4) is 0 Å². The molecule has 0 aliphatic carbocycles. The van der Waals surface area contributed by atoms with Crippen molar-refractivity contribution in [3.63, 3.8) is 0 Å². The lowest BCUT2D eigenvalue weighted by atomic mass is 10.2. The Morgan fingerprint density at radius 1 is 1.56 bits per heavy atom. The zero-order chi connectivity index (χ0) is 13.7. The highest BCUT2D eigenvalue weighted by molar-refractivity contribution is 9.10. The summed E-state index contributed by atoms with van der Waals surface area (Å²) in [6.07, 6.45) is 1.37. The summed E-state index contributed by atoms with van der Waals surface area (Å²) in [5.74, 6) is 0.974. The van der Waals surface area contributed by atoms with E-state index in [1.54, 1.807) is 11.9 Å². The van der Waals surface area contributed by atoms with Gasteiger partial charge in [-0.05, 0) is 21.8 Å². The molecule has 0 fully saturated rings. The van der Waals surface area contributed by atoms with E-state index in [1.807, 2.05) is 13.8 Å². The van der Waals surface area contributed by atoms with E-state index >= 15 is 0 Å². The number of carbonyl (C=O) groups excluding carboxylic acids is 1. The molecule has 1 aromatic heterocycles. The summed E-state index contributed by atoms with van der Waals surface area (Å²) < 4.78 is 0.589. The minimum atomic E-state index is -0.0483. The monoisotopic (exact) mass is 334 g/mol. The van der Waals surface area contributed by atoms with Crippen LogP contribution in [0.1, 0.15) is 13.8 Å². The second-order valence-electron chi connectivity index (χ2n) is 4.36. The number of likely N-dealkylation sites (N-methyl/N-ethyl adjacent to an activating group) is 1. The highest BCUT2D eigenvalue weighted by atomic mass is 79.9. The summed E-state index contributed by atoms with van der Waals surface area (Å²) in [6.45, 7) is 4.98. The Kier molecular flexibility index (Phi) is 5.81. The van der Waals surface area contributed by atoms with Crippen LogP contribution in [-0.4, -0.2) is 36.0 Å². The van der Waals surface area contributed by atoms with E-state index in [0.717, 1.165) is 0 Å². The zero-order valence-electron chi connectivity index (χ0n) is 10.6. The van der Waals surface area contributed by atoms with E-state index in [4.69, 9.17) is 11.6 Å². The van der Waals surface area contributed by atoms with Gasteiger partial charge in [0.05, 0.1) is 11.0 Å². The Morgan fingerprint density at radius 2 is 2.22 bits per heavy atom. The molecule has 100 valence electrons. The number of rotatable bonds is 5. The molecule has 0 atom stereocenters. The number of hydrogen-bond acceptors (Lipinski definition) is 4. The smallest absolute Gasteiger partial charge is 0.239 e. The maximum absolute atomic E-state index is 11.7. The fourth-order valence-electron chi connectivity index (χ4n) is 1.27. The number of hydrogen-bond donors (Lipinski definition) is 1. The van der Waals surface area contributed by atoms with Gasteiger partial charge in [-0.2, -0.15) is 0 Å². The molecule has 1 aromatic rings. The van der Waals surface area contributed by atoms with Crippen LogP contribution in [0.5, 0.6) is 0 Å². The normalized spacial score (nSPS) is 10.6. The Balaban J connectivity index is 2.62. The van der Waals surface area contributed by atoms with Crippen molar-refractivity contribution in [2.45, 2.75) is 13.8 Å². The van der Waals surface area contributed by atoms with E-state index in [-0.39, 0.29) is 12.5 Å². The quantitative estimate of drug-likeness (QED) is 0.837. The van der Waals surface area contributed by atoms with Crippen LogP contribution in [0.2, 0.25) is 5.15 Å². The third-order valence-corrected chi connectivity index (χ3v) is 3.42. The van der Waals surface area contributed by atoms with Crippen LogP contribution in [0.25, 0.3) is 0 Å². The fourth-order valence-corrected chi connectivity index (χ4v) is 1.91. The Labute approximate surface area is 120 Å². The van der Waals surface area contributed by atoms with Crippen molar-refractivity contribution >= 4 is 39.3 Å². The van der Waals surface area contributed by atoms with Gasteiger partial charge in [0.1, 0.15) is 17.3 Å². The van der Waals surface area contributed by atoms with Gasteiger partial charge in [0.2, 0.25) is 5.91 Å². The standard InChI is InChI=1S/C11H16BrClN4O/c1-7(2)4-14-8(18)5-17(3)11-9(12)10(13)15-6-16-11/h6-7H,4-5H2,1-3H3,(H,14,18). The van der Waals surface area contributed by atoms with Crippen LogP contribution in [0.4, 0.5) is 5.82 Å². The molecule has 0 aliphatic rings. The van der Waals surface area contributed by atoms with Gasteiger partial charge in [-0.15, -0.1) is 0 Å². The van der Waals surface area contributed by atoms with E-state index in [9.17, 15) is 4.79 Å². The summed E-state index contributed by atoms with van der Waals surface area (Å²) in [5, 5.41) is 3.17. The number of anilines is 1. The molecule has 0 aromatic carbocycles. The average molecular weight is 336 g/mol. The van der Waals surface area contributed by atoms with Crippen LogP contribution in [-0.2, 0) is 4.79 Å². The third-order valence-electron chi connectivity index (χ3n) is 2.18. The second kappa shape index (κ2) is 6.89. The first-order valence-electron chi connectivity index (χ1n) is 5.55. The minimum absolute atomic E-state index is 0.0483. The predicted molar refractivity (Wildman–Crippen MR) is 75.9 cm³/mol. The Bertz CT molecular complexity index is 428. The molecule has 0 aliphatic heterocycles. The van der Waals surface area contributed by atoms with Crippen LogP contribution < -0.4 is 10.2 Å². The maximum Gasteiger partial charge on any atom is 0.239 e. The van der Waals surface area contributed by atoms with Gasteiger partial charge in [-0.1, -0.05) is 25.4 Å². The molecule has 1 rings (SSSR count). The van der Waals surface area contributed by atoms with Crippen LogP contribution in [0, 0.1) is 5.92 Å². The number of amides is 1. The lowest BCUT2D eigenvalue weighted by Gasteiger charge is -2.19. The molecule has 5 nitrogen and oxygen atoms in total. The van der Waals surface area contributed by atoms with Crippen LogP contribution >= 0.6 is 27.5 Å². The molecule has 0 spiro atoms. The van der Waals surface area contributed by atoms with Crippen molar-refractivity contribution in [2.24, 2.45) is 5.92 Å². The number of carbonyl (C=O) groups is 1. The van der Waals surface area contributed by atoms with Crippen molar-refractivity contribution < 1.29 is 4.79 Å².